The van der Waals surface area contributed by atoms with Crippen molar-refractivity contribution in [2.45, 2.75) is 6.54 Å². The summed E-state index contributed by atoms with van der Waals surface area (Å²) in [5.41, 5.74) is 2.00. The zero-order chi connectivity index (χ0) is 13.7. The molecule has 19 heavy (non-hydrogen) atoms. The molecule has 0 saturated carbocycles. The van der Waals surface area contributed by atoms with Crippen LogP contribution in [0.3, 0.4) is 0 Å². The molecular formula is C15H15ClN2O. The van der Waals surface area contributed by atoms with E-state index in [0.29, 0.717) is 12.3 Å². The van der Waals surface area contributed by atoms with E-state index in [1.807, 2.05) is 31.3 Å². The van der Waals surface area contributed by atoms with Gasteiger partial charge < -0.3 is 4.74 Å². The second-order valence-electron chi connectivity index (χ2n) is 4.25. The molecule has 2 aromatic rings. The number of rotatable bonds is 5. The number of ether oxygens (including phenoxy) is 1. The van der Waals surface area contributed by atoms with Crippen molar-refractivity contribution in [1.82, 2.24) is 9.88 Å². The lowest BCUT2D eigenvalue weighted by molar-refractivity contribution is 0.369. The normalized spacial score (nSPS) is 10.6. The van der Waals surface area contributed by atoms with E-state index in [-0.39, 0.29) is 6.07 Å². The molecule has 0 saturated heterocycles. The summed E-state index contributed by atoms with van der Waals surface area (Å²) in [5.74, 6) is 3.34. The van der Waals surface area contributed by atoms with Crippen molar-refractivity contribution in [1.29, 1.82) is 0 Å². The maximum Gasteiger partial charge on any atom is 0.162 e. The number of nitrogens with zero attached hydrogens (tertiary/aromatic N) is 2. The number of benzene rings is 1. The quantitative estimate of drug-likeness (QED) is 0.619. The summed E-state index contributed by atoms with van der Waals surface area (Å²) < 4.78 is 5.38. The van der Waals surface area contributed by atoms with Gasteiger partial charge in [-0.1, -0.05) is 29.7 Å². The van der Waals surface area contributed by atoms with Crippen LogP contribution in [-0.2, 0) is 6.54 Å². The van der Waals surface area contributed by atoms with Gasteiger partial charge >= 0.3 is 0 Å². The van der Waals surface area contributed by atoms with Gasteiger partial charge in [-0.05, 0) is 24.7 Å². The second-order valence-corrected chi connectivity index (χ2v) is 4.47. The monoisotopic (exact) mass is 274 g/mol. The number of terminal acetylenes is 1. The molecule has 0 fully saturated rings. The van der Waals surface area contributed by atoms with Gasteiger partial charge in [-0.3, -0.25) is 9.88 Å². The molecule has 0 aliphatic heterocycles. The first-order chi connectivity index (χ1) is 9.26. The smallest absolute Gasteiger partial charge is 0.162 e. The van der Waals surface area contributed by atoms with E-state index in [2.05, 4.69) is 15.8 Å². The summed E-state index contributed by atoms with van der Waals surface area (Å²) >= 11 is 5.62. The van der Waals surface area contributed by atoms with E-state index in [9.17, 15) is 0 Å². The highest BCUT2D eigenvalue weighted by Gasteiger charge is 2.09. The minimum atomic E-state index is 0.113. The van der Waals surface area contributed by atoms with Gasteiger partial charge in [0.1, 0.15) is 11.3 Å². The molecule has 0 N–H and O–H groups in total. The molecule has 0 aliphatic rings. The van der Waals surface area contributed by atoms with Gasteiger partial charge in [0.2, 0.25) is 0 Å². The number of fused-ring (bicyclic) bond motifs is 1. The summed E-state index contributed by atoms with van der Waals surface area (Å²) in [6.45, 7) is 1.38. The Bertz CT molecular complexity index is 607. The zero-order valence-electron chi connectivity index (χ0n) is 10.8. The van der Waals surface area contributed by atoms with Crippen LogP contribution in [0, 0.1) is 12.3 Å². The molecule has 0 bridgehead atoms. The molecule has 2 rings (SSSR count). The van der Waals surface area contributed by atoms with Crippen LogP contribution < -0.4 is 4.74 Å². The second kappa shape index (κ2) is 6.42. The van der Waals surface area contributed by atoms with Crippen LogP contribution in [0.5, 0.6) is 5.75 Å². The fourth-order valence-corrected chi connectivity index (χ4v) is 2.14. The largest absolute Gasteiger partial charge is 0.476 e. The van der Waals surface area contributed by atoms with Gasteiger partial charge in [0.05, 0.1) is 6.54 Å². The van der Waals surface area contributed by atoms with Gasteiger partial charge in [0.25, 0.3) is 0 Å². The molecule has 1 aromatic carbocycles. The lowest BCUT2D eigenvalue weighted by Crippen LogP contribution is -2.18. The molecule has 0 radical (unpaired) electrons. The number of aromatic nitrogens is 1. The third-order valence-corrected chi connectivity index (χ3v) is 2.94. The van der Waals surface area contributed by atoms with Crippen molar-refractivity contribution in [2.75, 3.05) is 19.7 Å². The minimum absolute atomic E-state index is 0.113. The molecule has 98 valence electrons. The molecule has 0 amide bonds. The first-order valence-corrected chi connectivity index (χ1v) is 6.47. The highest BCUT2D eigenvalue weighted by molar-refractivity contribution is 6.17. The van der Waals surface area contributed by atoms with E-state index in [1.54, 1.807) is 6.20 Å². The summed E-state index contributed by atoms with van der Waals surface area (Å²) in [6.07, 6.45) is 7.07. The third-order valence-electron chi connectivity index (χ3n) is 2.83. The van der Waals surface area contributed by atoms with Gasteiger partial charge in [0, 0.05) is 18.1 Å². The molecule has 3 nitrogen and oxygen atoms in total. The standard InChI is InChI=1S/C15H15ClN2O/c1-3-9-18(2)10-12-6-7-14(19-11-16)15-13(12)5-4-8-17-15/h1,4-8H,9-11H2,2H3. The van der Waals surface area contributed by atoms with Crippen LogP contribution in [0.25, 0.3) is 10.9 Å². The Morgan fingerprint density at radius 2 is 2.26 bits per heavy atom. The first-order valence-electron chi connectivity index (χ1n) is 5.93. The molecule has 1 aromatic heterocycles. The molecule has 0 spiro atoms. The van der Waals surface area contributed by atoms with E-state index in [0.717, 1.165) is 17.4 Å². The number of pyridine rings is 1. The lowest BCUT2D eigenvalue weighted by atomic mass is 10.1. The van der Waals surface area contributed by atoms with Crippen molar-refractivity contribution >= 4 is 22.5 Å². The Labute approximate surface area is 118 Å². The Balaban J connectivity index is 2.41. The van der Waals surface area contributed by atoms with Crippen LogP contribution in [0.1, 0.15) is 5.56 Å². The van der Waals surface area contributed by atoms with Gasteiger partial charge in [-0.2, -0.15) is 0 Å². The predicted octanol–water partition coefficient (Wildman–Crippen LogP) is 2.87. The number of alkyl halides is 1. The zero-order valence-corrected chi connectivity index (χ0v) is 11.5. The van der Waals surface area contributed by atoms with Gasteiger partial charge in [-0.25, -0.2) is 0 Å². The molecular weight excluding hydrogens is 260 g/mol. The van der Waals surface area contributed by atoms with Crippen LogP contribution >= 0.6 is 11.6 Å². The molecule has 0 unspecified atom stereocenters. The average molecular weight is 275 g/mol. The Morgan fingerprint density at radius 1 is 1.42 bits per heavy atom. The Hall–Kier alpha value is -1.76. The van der Waals surface area contributed by atoms with Crippen LogP contribution in [0.15, 0.2) is 30.5 Å². The number of halogens is 1. The van der Waals surface area contributed by atoms with Crippen molar-refractivity contribution in [3.8, 4) is 18.1 Å². The summed E-state index contributed by atoms with van der Waals surface area (Å²) in [6, 6.07) is 7.98. The number of hydrogen-bond donors (Lipinski definition) is 0. The van der Waals surface area contributed by atoms with E-state index < -0.39 is 0 Å². The summed E-state index contributed by atoms with van der Waals surface area (Å²) in [4.78, 5) is 6.44. The molecule has 0 atom stereocenters. The van der Waals surface area contributed by atoms with E-state index in [1.165, 1.54) is 5.56 Å². The lowest BCUT2D eigenvalue weighted by Gasteiger charge is -2.16. The van der Waals surface area contributed by atoms with E-state index in [4.69, 9.17) is 22.8 Å². The summed E-state index contributed by atoms with van der Waals surface area (Å²) in [7, 11) is 1.99. The summed E-state index contributed by atoms with van der Waals surface area (Å²) in [5, 5.41) is 1.06. The average Bonchev–Trinajstić information content (AvgIpc) is 2.42. The maximum absolute atomic E-state index is 5.62. The third kappa shape index (κ3) is 3.17. The molecule has 1 heterocycles. The first kappa shape index (κ1) is 13.7. The maximum atomic E-state index is 5.62. The van der Waals surface area contributed by atoms with Gasteiger partial charge in [0.15, 0.2) is 6.07 Å². The fraction of sp³-hybridized carbons (Fsp3) is 0.267. The highest BCUT2D eigenvalue weighted by atomic mass is 35.5. The fourth-order valence-electron chi connectivity index (χ4n) is 2.02. The number of hydrogen-bond acceptors (Lipinski definition) is 3. The minimum Gasteiger partial charge on any atom is -0.476 e. The Morgan fingerprint density at radius 3 is 3.00 bits per heavy atom. The highest BCUT2D eigenvalue weighted by Crippen LogP contribution is 2.27. The van der Waals surface area contributed by atoms with E-state index >= 15 is 0 Å². The molecule has 0 aliphatic carbocycles. The Kier molecular flexibility index (Phi) is 4.62. The predicted molar refractivity (Wildman–Crippen MR) is 78.3 cm³/mol. The molecule has 4 heteroatoms. The topological polar surface area (TPSA) is 25.4 Å². The van der Waals surface area contributed by atoms with Crippen LogP contribution in [0.2, 0.25) is 0 Å². The van der Waals surface area contributed by atoms with Crippen molar-refractivity contribution in [3.05, 3.63) is 36.0 Å². The van der Waals surface area contributed by atoms with Crippen molar-refractivity contribution in [2.24, 2.45) is 0 Å². The van der Waals surface area contributed by atoms with Crippen LogP contribution in [-0.4, -0.2) is 29.5 Å². The van der Waals surface area contributed by atoms with Gasteiger partial charge in [-0.15, -0.1) is 6.42 Å². The SMILES string of the molecule is C#CCN(C)Cc1ccc(OCCl)c2ncccc12. The van der Waals surface area contributed by atoms with Crippen molar-refractivity contribution < 1.29 is 4.74 Å². The van der Waals surface area contributed by atoms with Crippen molar-refractivity contribution in [3.63, 3.8) is 0 Å². The van der Waals surface area contributed by atoms with Crippen LogP contribution in [0.4, 0.5) is 0 Å².